The van der Waals surface area contributed by atoms with Crippen molar-refractivity contribution in [2.75, 3.05) is 5.73 Å². The first kappa shape index (κ1) is 15.4. The molecule has 0 fully saturated rings. The fraction of sp³-hybridized carbons (Fsp3) is 0.500. The molecule has 0 saturated heterocycles. The minimum atomic E-state index is -0.347. The summed E-state index contributed by atoms with van der Waals surface area (Å²) in [5.74, 6) is -0.347. The number of nitrogen functional groups attached to an aromatic ring is 1. The van der Waals surface area contributed by atoms with E-state index in [2.05, 4.69) is 13.8 Å². The van der Waals surface area contributed by atoms with Crippen LogP contribution in [0.3, 0.4) is 0 Å². The lowest BCUT2D eigenvalue weighted by Crippen LogP contribution is -1.89. The molecule has 1 aromatic rings. The lowest BCUT2D eigenvalue weighted by atomic mass is 10.2. The van der Waals surface area contributed by atoms with Crippen molar-refractivity contribution < 1.29 is 4.39 Å². The van der Waals surface area contributed by atoms with E-state index in [1.54, 1.807) is 12.1 Å². The second kappa shape index (κ2) is 10.0. The van der Waals surface area contributed by atoms with Crippen LogP contribution in [-0.2, 0) is 0 Å². The predicted octanol–water partition coefficient (Wildman–Crippen LogP) is 4.16. The molecular weight excluding hydrogens is 177 g/mol. The third-order valence-electron chi connectivity index (χ3n) is 1.15. The Morgan fingerprint density at radius 2 is 1.64 bits per heavy atom. The van der Waals surface area contributed by atoms with E-state index in [4.69, 9.17) is 5.73 Å². The van der Waals surface area contributed by atoms with E-state index in [-0.39, 0.29) is 11.5 Å². The summed E-state index contributed by atoms with van der Waals surface area (Å²) >= 11 is 0. The van der Waals surface area contributed by atoms with Crippen LogP contribution >= 0.6 is 0 Å². The number of rotatable bonds is 0. The van der Waals surface area contributed by atoms with Gasteiger partial charge in [0.2, 0.25) is 0 Å². The molecule has 0 aliphatic heterocycles. The van der Waals surface area contributed by atoms with E-state index >= 15 is 0 Å². The average molecular weight is 199 g/mol. The second-order valence-corrected chi connectivity index (χ2v) is 2.73. The van der Waals surface area contributed by atoms with Gasteiger partial charge in [0.25, 0.3) is 0 Å². The quantitative estimate of drug-likeness (QED) is 0.624. The van der Waals surface area contributed by atoms with E-state index in [0.29, 0.717) is 0 Å². The molecule has 1 rings (SSSR count). The lowest BCUT2D eigenvalue weighted by Gasteiger charge is -1.95. The Labute approximate surface area is 87.1 Å². The zero-order valence-electron chi connectivity index (χ0n) is 9.89. The Kier molecular flexibility index (Phi) is 11.1. The highest BCUT2D eigenvalue weighted by molar-refractivity contribution is 5.41. The molecule has 2 heteroatoms. The number of aryl methyl sites for hydroxylation is 1. The third kappa shape index (κ3) is 7.59. The summed E-state index contributed by atoms with van der Waals surface area (Å²) in [6, 6.07) is 4.66. The molecule has 82 valence electrons. The van der Waals surface area contributed by atoms with Gasteiger partial charge in [0.15, 0.2) is 0 Å². The van der Waals surface area contributed by atoms with Gasteiger partial charge >= 0.3 is 0 Å². The molecule has 1 nitrogen and oxygen atoms in total. The predicted molar refractivity (Wildman–Crippen MR) is 62.9 cm³/mol. The van der Waals surface area contributed by atoms with Gasteiger partial charge in [-0.25, -0.2) is 4.39 Å². The van der Waals surface area contributed by atoms with E-state index in [0.717, 1.165) is 5.56 Å². The number of nitrogens with two attached hydrogens (primary N) is 1. The first-order valence-electron chi connectivity index (χ1n) is 5.13. The van der Waals surface area contributed by atoms with Gasteiger partial charge in [-0.05, 0) is 24.6 Å². The van der Waals surface area contributed by atoms with Crippen LogP contribution in [0.5, 0.6) is 0 Å². The maximum Gasteiger partial charge on any atom is 0.146 e. The molecule has 0 saturated carbocycles. The first-order chi connectivity index (χ1) is 6.61. The molecule has 0 spiro atoms. The van der Waals surface area contributed by atoms with Gasteiger partial charge in [0, 0.05) is 0 Å². The summed E-state index contributed by atoms with van der Waals surface area (Å²) < 4.78 is 12.4. The molecule has 0 atom stereocenters. The van der Waals surface area contributed by atoms with Crippen molar-refractivity contribution in [1.29, 1.82) is 0 Å². The zero-order valence-corrected chi connectivity index (χ0v) is 9.89. The highest BCUT2D eigenvalue weighted by atomic mass is 19.1. The number of hydrogen-bond acceptors (Lipinski definition) is 1. The van der Waals surface area contributed by atoms with E-state index in [9.17, 15) is 4.39 Å². The summed E-state index contributed by atoms with van der Waals surface area (Å²) in [5.41, 5.74) is 6.44. The van der Waals surface area contributed by atoms with Gasteiger partial charge in [-0.1, -0.05) is 40.2 Å². The van der Waals surface area contributed by atoms with Crippen molar-refractivity contribution in [3.8, 4) is 0 Å². The topological polar surface area (TPSA) is 26.0 Å². The minimum absolute atomic E-state index is 0.218. The molecule has 0 aromatic heterocycles. The van der Waals surface area contributed by atoms with Gasteiger partial charge in [0.05, 0.1) is 5.69 Å². The maximum atomic E-state index is 12.4. The van der Waals surface area contributed by atoms with Crippen LogP contribution in [0.1, 0.15) is 39.7 Å². The Morgan fingerprint density at radius 1 is 1.21 bits per heavy atom. The molecule has 0 aliphatic rings. The average Bonchev–Trinajstić information content (AvgIpc) is 2.17. The molecule has 14 heavy (non-hydrogen) atoms. The molecule has 0 unspecified atom stereocenters. The van der Waals surface area contributed by atoms with Gasteiger partial charge < -0.3 is 5.73 Å². The number of anilines is 1. The number of halogens is 1. The van der Waals surface area contributed by atoms with Gasteiger partial charge in [-0.3, -0.25) is 0 Å². The fourth-order valence-electron chi connectivity index (χ4n) is 0.663. The van der Waals surface area contributed by atoms with Gasteiger partial charge in [-0.15, -0.1) is 0 Å². The highest BCUT2D eigenvalue weighted by Gasteiger charge is 1.93. The van der Waals surface area contributed by atoms with Crippen LogP contribution in [0.15, 0.2) is 18.2 Å². The Hall–Kier alpha value is -1.05. The Balaban J connectivity index is 0. The molecule has 2 N–H and O–H groups in total. The van der Waals surface area contributed by atoms with Crippen molar-refractivity contribution >= 4 is 5.69 Å². The molecule has 0 aliphatic carbocycles. The number of hydrogen-bond donors (Lipinski definition) is 1. The maximum absolute atomic E-state index is 12.4. The van der Waals surface area contributed by atoms with Crippen LogP contribution < -0.4 is 5.73 Å². The van der Waals surface area contributed by atoms with Crippen molar-refractivity contribution in [2.24, 2.45) is 0 Å². The highest BCUT2D eigenvalue weighted by Crippen LogP contribution is 2.10. The van der Waals surface area contributed by atoms with Crippen molar-refractivity contribution in [3.63, 3.8) is 0 Å². The standard InChI is InChI=1S/C7H8FN.C3H8.C2H6/c1-5-2-3-6(8)7(9)4-5;1-3-2;1-2/h2-4H,9H2,1H3;3H2,1-2H3;1-2H3. The number of benzene rings is 1. The molecule has 1 aromatic carbocycles. The van der Waals surface area contributed by atoms with Crippen LogP contribution in [0, 0.1) is 12.7 Å². The first-order valence-corrected chi connectivity index (χ1v) is 5.13. The fourth-order valence-corrected chi connectivity index (χ4v) is 0.663. The van der Waals surface area contributed by atoms with Gasteiger partial charge in [0.1, 0.15) is 5.82 Å². The summed E-state index contributed by atoms with van der Waals surface area (Å²) in [6.45, 7) is 10.1. The third-order valence-corrected chi connectivity index (χ3v) is 1.15. The van der Waals surface area contributed by atoms with Crippen molar-refractivity contribution in [2.45, 2.75) is 41.0 Å². The normalized spacial score (nSPS) is 7.86. The van der Waals surface area contributed by atoms with E-state index in [1.807, 2.05) is 20.8 Å². The zero-order chi connectivity index (χ0) is 11.6. The SMILES string of the molecule is CC.CCC.Cc1ccc(F)c(N)c1. The summed E-state index contributed by atoms with van der Waals surface area (Å²) in [7, 11) is 0. The lowest BCUT2D eigenvalue weighted by molar-refractivity contribution is 0.632. The van der Waals surface area contributed by atoms with Crippen LogP contribution in [-0.4, -0.2) is 0 Å². The largest absolute Gasteiger partial charge is 0.396 e. The van der Waals surface area contributed by atoms with Crippen molar-refractivity contribution in [1.82, 2.24) is 0 Å². The van der Waals surface area contributed by atoms with Crippen LogP contribution in [0.2, 0.25) is 0 Å². The summed E-state index contributed by atoms with van der Waals surface area (Å²) in [5, 5.41) is 0. The second-order valence-electron chi connectivity index (χ2n) is 2.73. The minimum Gasteiger partial charge on any atom is -0.396 e. The molecule has 0 bridgehead atoms. The van der Waals surface area contributed by atoms with E-state index < -0.39 is 0 Å². The Bertz CT molecular complexity index is 234. The summed E-state index contributed by atoms with van der Waals surface area (Å²) in [6.07, 6.45) is 1.25. The van der Waals surface area contributed by atoms with E-state index in [1.165, 1.54) is 12.5 Å². The molecule has 0 heterocycles. The van der Waals surface area contributed by atoms with Crippen LogP contribution in [0.25, 0.3) is 0 Å². The van der Waals surface area contributed by atoms with Crippen molar-refractivity contribution in [3.05, 3.63) is 29.6 Å². The molecular formula is C12H22FN. The summed E-state index contributed by atoms with van der Waals surface area (Å²) in [4.78, 5) is 0. The van der Waals surface area contributed by atoms with Gasteiger partial charge in [-0.2, -0.15) is 0 Å². The monoisotopic (exact) mass is 199 g/mol. The Morgan fingerprint density at radius 3 is 1.93 bits per heavy atom. The molecule has 0 radical (unpaired) electrons. The molecule has 0 amide bonds. The smallest absolute Gasteiger partial charge is 0.146 e. The van der Waals surface area contributed by atoms with Crippen LogP contribution in [0.4, 0.5) is 10.1 Å².